The van der Waals surface area contributed by atoms with Gasteiger partial charge in [0.2, 0.25) is 0 Å². The van der Waals surface area contributed by atoms with Gasteiger partial charge in [-0.05, 0) is 31.4 Å². The predicted molar refractivity (Wildman–Crippen MR) is 65.9 cm³/mol. The molecule has 2 rings (SSSR count). The highest BCUT2D eigenvalue weighted by Crippen LogP contribution is 2.14. The van der Waals surface area contributed by atoms with Crippen LogP contribution in [0.2, 0.25) is 0 Å². The molecule has 1 fully saturated rings. The Kier molecular flexibility index (Phi) is 3.84. The molecule has 1 aromatic heterocycles. The summed E-state index contributed by atoms with van der Waals surface area (Å²) in [5.41, 5.74) is 0.737. The average molecular weight is 236 g/mol. The number of aliphatic hydroxyl groups is 1. The molecule has 0 bridgehead atoms. The maximum Gasteiger partial charge on any atom is 0.270 e. The number of rotatable bonds is 3. The average Bonchev–Trinajstić information content (AvgIpc) is 2.77. The quantitative estimate of drug-likeness (QED) is 0.864. The molecule has 0 radical (unpaired) electrons. The molecule has 0 unspecified atom stereocenters. The van der Waals surface area contributed by atoms with Crippen LogP contribution in [0.1, 0.15) is 36.7 Å². The monoisotopic (exact) mass is 236 g/mol. The fraction of sp³-hybridized carbons (Fsp3) is 0.615. The molecule has 94 valence electrons. The summed E-state index contributed by atoms with van der Waals surface area (Å²) in [5.74, 6) is 0.0437. The van der Waals surface area contributed by atoms with E-state index in [1.54, 1.807) is 4.90 Å². The number of β-amino-alcohol motifs (C(OH)–C–C–N with tert-alkyl or cyclic N) is 1. The Balaban J connectivity index is 2.10. The molecule has 1 aromatic rings. The Morgan fingerprint density at radius 1 is 1.59 bits per heavy atom. The molecule has 1 aliphatic rings. The molecular formula is C13H20N2O2. The van der Waals surface area contributed by atoms with E-state index in [1.807, 2.05) is 22.9 Å². The van der Waals surface area contributed by atoms with Gasteiger partial charge < -0.3 is 14.6 Å². The molecule has 0 aromatic carbocycles. The lowest BCUT2D eigenvalue weighted by atomic mass is 10.1. The van der Waals surface area contributed by atoms with Crippen molar-refractivity contribution in [3.05, 3.63) is 24.0 Å². The Bertz CT molecular complexity index is 387. The highest BCUT2D eigenvalue weighted by atomic mass is 16.3. The minimum atomic E-state index is -0.359. The van der Waals surface area contributed by atoms with Crippen LogP contribution in [0, 0.1) is 0 Å². The van der Waals surface area contributed by atoms with E-state index in [1.165, 1.54) is 0 Å². The zero-order valence-electron chi connectivity index (χ0n) is 10.3. The topological polar surface area (TPSA) is 45.5 Å². The predicted octanol–water partition coefficient (Wildman–Crippen LogP) is 1.49. The summed E-state index contributed by atoms with van der Waals surface area (Å²) in [6, 6.07) is 3.77. The van der Waals surface area contributed by atoms with Crippen LogP contribution in [0.25, 0.3) is 0 Å². The van der Waals surface area contributed by atoms with Crippen molar-refractivity contribution < 1.29 is 9.90 Å². The Morgan fingerprint density at radius 3 is 3.12 bits per heavy atom. The molecule has 0 aliphatic carbocycles. The van der Waals surface area contributed by atoms with Crippen molar-refractivity contribution in [2.75, 3.05) is 13.1 Å². The molecule has 2 heterocycles. The summed E-state index contributed by atoms with van der Waals surface area (Å²) in [7, 11) is 0. The molecule has 1 atom stereocenters. The third kappa shape index (κ3) is 2.69. The number of aryl methyl sites for hydroxylation is 1. The van der Waals surface area contributed by atoms with Gasteiger partial charge in [0.15, 0.2) is 0 Å². The first kappa shape index (κ1) is 12.2. The highest BCUT2D eigenvalue weighted by Gasteiger charge is 2.24. The molecule has 17 heavy (non-hydrogen) atoms. The van der Waals surface area contributed by atoms with Crippen LogP contribution in [-0.2, 0) is 6.54 Å². The zero-order valence-corrected chi connectivity index (χ0v) is 10.3. The van der Waals surface area contributed by atoms with Crippen LogP contribution in [0.5, 0.6) is 0 Å². The number of aliphatic hydroxyl groups excluding tert-OH is 1. The molecule has 1 N–H and O–H groups in total. The smallest absolute Gasteiger partial charge is 0.270 e. The number of carbonyl (C=O) groups is 1. The number of likely N-dealkylation sites (tertiary alicyclic amines) is 1. The molecular weight excluding hydrogens is 216 g/mol. The Labute approximate surface area is 102 Å². The fourth-order valence-corrected chi connectivity index (χ4v) is 2.35. The standard InChI is InChI=1S/C13H20N2O2/c1-2-7-14-8-4-6-12(14)13(17)15-9-3-5-11(16)10-15/h4,6,8,11,16H,2-3,5,7,9-10H2,1H3/t11-/m0/s1. The van der Waals surface area contributed by atoms with Gasteiger partial charge in [-0.15, -0.1) is 0 Å². The van der Waals surface area contributed by atoms with Crippen molar-refractivity contribution in [3.8, 4) is 0 Å². The number of hydrogen-bond donors (Lipinski definition) is 1. The maximum absolute atomic E-state index is 12.3. The van der Waals surface area contributed by atoms with Crippen molar-refractivity contribution in [1.29, 1.82) is 0 Å². The Hall–Kier alpha value is -1.29. The fourth-order valence-electron chi connectivity index (χ4n) is 2.35. The maximum atomic E-state index is 12.3. The second kappa shape index (κ2) is 5.36. The molecule has 1 aliphatic heterocycles. The molecule has 4 nitrogen and oxygen atoms in total. The summed E-state index contributed by atoms with van der Waals surface area (Å²) in [6.45, 7) is 4.19. The number of amides is 1. The van der Waals surface area contributed by atoms with Gasteiger partial charge in [0.05, 0.1) is 6.10 Å². The van der Waals surface area contributed by atoms with Gasteiger partial charge >= 0.3 is 0 Å². The van der Waals surface area contributed by atoms with E-state index < -0.39 is 0 Å². The lowest BCUT2D eigenvalue weighted by Gasteiger charge is -2.30. The van der Waals surface area contributed by atoms with Crippen LogP contribution in [0.4, 0.5) is 0 Å². The van der Waals surface area contributed by atoms with Gasteiger partial charge in [-0.3, -0.25) is 4.79 Å². The van der Waals surface area contributed by atoms with E-state index in [9.17, 15) is 9.90 Å². The van der Waals surface area contributed by atoms with Gasteiger partial charge in [-0.25, -0.2) is 0 Å². The van der Waals surface area contributed by atoms with Crippen LogP contribution < -0.4 is 0 Å². The minimum Gasteiger partial charge on any atom is -0.391 e. The van der Waals surface area contributed by atoms with Crippen LogP contribution in [-0.4, -0.2) is 39.7 Å². The summed E-state index contributed by atoms with van der Waals surface area (Å²) < 4.78 is 1.99. The molecule has 4 heteroatoms. The zero-order chi connectivity index (χ0) is 12.3. The van der Waals surface area contributed by atoms with E-state index in [4.69, 9.17) is 0 Å². The van der Waals surface area contributed by atoms with Crippen LogP contribution in [0.3, 0.4) is 0 Å². The van der Waals surface area contributed by atoms with E-state index in [2.05, 4.69) is 6.92 Å². The van der Waals surface area contributed by atoms with E-state index in [-0.39, 0.29) is 12.0 Å². The van der Waals surface area contributed by atoms with Crippen LogP contribution >= 0.6 is 0 Å². The second-order valence-electron chi connectivity index (χ2n) is 4.63. The van der Waals surface area contributed by atoms with Gasteiger partial charge in [0, 0.05) is 25.8 Å². The number of piperidine rings is 1. The summed E-state index contributed by atoms with van der Waals surface area (Å²) in [5, 5.41) is 9.60. The Morgan fingerprint density at radius 2 is 2.41 bits per heavy atom. The van der Waals surface area contributed by atoms with Gasteiger partial charge in [-0.1, -0.05) is 6.92 Å². The molecule has 0 spiro atoms. The summed E-state index contributed by atoms with van der Waals surface area (Å²) in [6.07, 6.45) is 4.29. The van der Waals surface area contributed by atoms with Crippen molar-refractivity contribution >= 4 is 5.91 Å². The molecule has 0 saturated carbocycles. The van der Waals surface area contributed by atoms with Gasteiger partial charge in [-0.2, -0.15) is 0 Å². The van der Waals surface area contributed by atoms with Crippen molar-refractivity contribution in [1.82, 2.24) is 9.47 Å². The largest absolute Gasteiger partial charge is 0.391 e. The van der Waals surface area contributed by atoms with E-state index in [0.717, 1.165) is 38.0 Å². The first-order chi connectivity index (χ1) is 8.22. The van der Waals surface area contributed by atoms with Crippen LogP contribution in [0.15, 0.2) is 18.3 Å². The number of aromatic nitrogens is 1. The summed E-state index contributed by atoms with van der Waals surface area (Å²) in [4.78, 5) is 14.1. The molecule has 1 amide bonds. The van der Waals surface area contributed by atoms with Crippen molar-refractivity contribution in [3.63, 3.8) is 0 Å². The highest BCUT2D eigenvalue weighted by molar-refractivity contribution is 5.92. The van der Waals surface area contributed by atoms with Gasteiger partial charge in [0.25, 0.3) is 5.91 Å². The summed E-state index contributed by atoms with van der Waals surface area (Å²) >= 11 is 0. The lowest BCUT2D eigenvalue weighted by Crippen LogP contribution is -2.42. The second-order valence-corrected chi connectivity index (χ2v) is 4.63. The number of nitrogens with zero attached hydrogens (tertiary/aromatic N) is 2. The molecule has 1 saturated heterocycles. The normalized spacial score (nSPS) is 20.6. The van der Waals surface area contributed by atoms with Crippen molar-refractivity contribution in [2.45, 2.75) is 38.8 Å². The SMILES string of the molecule is CCCn1cccc1C(=O)N1CCC[C@H](O)C1. The number of carbonyl (C=O) groups excluding carboxylic acids is 1. The van der Waals surface area contributed by atoms with Crippen molar-refractivity contribution in [2.24, 2.45) is 0 Å². The van der Waals surface area contributed by atoms with E-state index in [0.29, 0.717) is 6.54 Å². The number of hydrogen-bond acceptors (Lipinski definition) is 2. The third-order valence-electron chi connectivity index (χ3n) is 3.20. The first-order valence-electron chi connectivity index (χ1n) is 6.35. The van der Waals surface area contributed by atoms with E-state index >= 15 is 0 Å². The van der Waals surface area contributed by atoms with Gasteiger partial charge in [0.1, 0.15) is 5.69 Å². The first-order valence-corrected chi connectivity index (χ1v) is 6.35. The minimum absolute atomic E-state index is 0.0437. The lowest BCUT2D eigenvalue weighted by molar-refractivity contribution is 0.0465. The third-order valence-corrected chi connectivity index (χ3v) is 3.20.